The van der Waals surface area contributed by atoms with Crippen LogP contribution in [0.4, 0.5) is 0 Å². The van der Waals surface area contributed by atoms with Crippen molar-refractivity contribution < 1.29 is 0 Å². The topological polar surface area (TPSA) is 26.0 Å². The number of nitrogens with two attached hydrogens (primary N) is 1. The maximum Gasteiger partial charge on any atom is -0.00488 e. The maximum atomic E-state index is 5.67. The van der Waals surface area contributed by atoms with Crippen LogP contribution in [0.1, 0.15) is 39.5 Å². The Hall–Kier alpha value is -0.0400. The van der Waals surface area contributed by atoms with Gasteiger partial charge in [0.15, 0.2) is 0 Å². The zero-order valence-corrected chi connectivity index (χ0v) is 7.84. The van der Waals surface area contributed by atoms with E-state index in [2.05, 4.69) is 13.8 Å². The third-order valence-electron chi connectivity index (χ3n) is 3.10. The third kappa shape index (κ3) is 2.48. The van der Waals surface area contributed by atoms with E-state index in [0.29, 0.717) is 0 Å². The molecule has 1 aliphatic rings. The normalized spacial score (nSPS) is 32.7. The van der Waals surface area contributed by atoms with E-state index in [-0.39, 0.29) is 0 Å². The van der Waals surface area contributed by atoms with Gasteiger partial charge in [0.25, 0.3) is 0 Å². The second-order valence-corrected chi connectivity index (χ2v) is 4.27. The van der Waals surface area contributed by atoms with Gasteiger partial charge in [-0.05, 0) is 37.1 Å². The molecule has 11 heavy (non-hydrogen) atoms. The molecular formula is C10H21N. The van der Waals surface area contributed by atoms with Crippen LogP contribution in [0.3, 0.4) is 0 Å². The standard InChI is InChI=1S/C10H21N/c1-8(2)10-5-3-4-9(6-10)7-11/h8-10H,3-7,11H2,1-2H3/t9-,10+/m0/s1. The highest BCUT2D eigenvalue weighted by Crippen LogP contribution is 2.32. The Balaban J connectivity index is 2.33. The number of hydrogen-bond donors (Lipinski definition) is 1. The smallest absolute Gasteiger partial charge is 0.00488 e. The average molecular weight is 155 g/mol. The van der Waals surface area contributed by atoms with Crippen LogP contribution in [0.2, 0.25) is 0 Å². The fourth-order valence-corrected chi connectivity index (χ4v) is 2.15. The largest absolute Gasteiger partial charge is 0.330 e. The Labute approximate surface area is 70.4 Å². The van der Waals surface area contributed by atoms with Gasteiger partial charge >= 0.3 is 0 Å². The first kappa shape index (κ1) is 9.05. The molecule has 1 heteroatoms. The Kier molecular flexibility index (Phi) is 3.38. The molecule has 0 amide bonds. The summed E-state index contributed by atoms with van der Waals surface area (Å²) in [7, 11) is 0. The van der Waals surface area contributed by atoms with Crippen molar-refractivity contribution in [2.75, 3.05) is 6.54 Å². The van der Waals surface area contributed by atoms with Gasteiger partial charge in [-0.15, -0.1) is 0 Å². The van der Waals surface area contributed by atoms with Crippen LogP contribution in [-0.4, -0.2) is 6.54 Å². The van der Waals surface area contributed by atoms with E-state index in [4.69, 9.17) is 5.73 Å². The van der Waals surface area contributed by atoms with Gasteiger partial charge < -0.3 is 5.73 Å². The average Bonchev–Trinajstić information content (AvgIpc) is 2.05. The quantitative estimate of drug-likeness (QED) is 0.651. The fraction of sp³-hybridized carbons (Fsp3) is 1.00. The monoisotopic (exact) mass is 155 g/mol. The summed E-state index contributed by atoms with van der Waals surface area (Å²) in [6.45, 7) is 5.58. The van der Waals surface area contributed by atoms with Crippen LogP contribution in [0.15, 0.2) is 0 Å². The Morgan fingerprint density at radius 1 is 1.36 bits per heavy atom. The summed E-state index contributed by atoms with van der Waals surface area (Å²) in [6.07, 6.45) is 5.60. The molecule has 0 unspecified atom stereocenters. The molecule has 0 saturated heterocycles. The van der Waals surface area contributed by atoms with Crippen molar-refractivity contribution in [3.8, 4) is 0 Å². The molecule has 0 aromatic rings. The molecule has 0 aromatic heterocycles. The molecular weight excluding hydrogens is 134 g/mol. The SMILES string of the molecule is CC(C)[C@@H]1CCC[C@H](CN)C1. The molecule has 1 fully saturated rings. The summed E-state index contributed by atoms with van der Waals surface area (Å²) >= 11 is 0. The highest BCUT2D eigenvalue weighted by molar-refractivity contribution is 4.75. The first-order valence-corrected chi connectivity index (χ1v) is 4.94. The zero-order valence-electron chi connectivity index (χ0n) is 7.84. The van der Waals surface area contributed by atoms with E-state index in [1.165, 1.54) is 25.7 Å². The van der Waals surface area contributed by atoms with Gasteiger partial charge in [-0.3, -0.25) is 0 Å². The van der Waals surface area contributed by atoms with E-state index in [1.807, 2.05) is 0 Å². The van der Waals surface area contributed by atoms with E-state index < -0.39 is 0 Å². The molecule has 66 valence electrons. The van der Waals surface area contributed by atoms with Gasteiger partial charge in [-0.25, -0.2) is 0 Å². The van der Waals surface area contributed by atoms with E-state index >= 15 is 0 Å². The van der Waals surface area contributed by atoms with Crippen molar-refractivity contribution in [2.24, 2.45) is 23.5 Å². The molecule has 1 aliphatic carbocycles. The van der Waals surface area contributed by atoms with Gasteiger partial charge in [0.05, 0.1) is 0 Å². The number of rotatable bonds is 2. The van der Waals surface area contributed by atoms with Crippen LogP contribution in [0, 0.1) is 17.8 Å². The van der Waals surface area contributed by atoms with Crippen molar-refractivity contribution in [1.82, 2.24) is 0 Å². The second kappa shape index (κ2) is 4.10. The minimum atomic E-state index is 0.830. The predicted octanol–water partition coefficient (Wildman–Crippen LogP) is 2.41. The van der Waals surface area contributed by atoms with Crippen LogP contribution in [0.25, 0.3) is 0 Å². The fourth-order valence-electron chi connectivity index (χ4n) is 2.15. The molecule has 0 bridgehead atoms. The number of hydrogen-bond acceptors (Lipinski definition) is 1. The molecule has 2 N–H and O–H groups in total. The molecule has 0 radical (unpaired) electrons. The van der Waals surface area contributed by atoms with E-state index in [1.54, 1.807) is 0 Å². The summed E-state index contributed by atoms with van der Waals surface area (Å²) in [5.74, 6) is 2.65. The highest BCUT2D eigenvalue weighted by atomic mass is 14.6. The summed E-state index contributed by atoms with van der Waals surface area (Å²) in [6, 6.07) is 0. The molecule has 0 aliphatic heterocycles. The van der Waals surface area contributed by atoms with Gasteiger partial charge in [-0.2, -0.15) is 0 Å². The van der Waals surface area contributed by atoms with Gasteiger partial charge in [0.2, 0.25) is 0 Å². The van der Waals surface area contributed by atoms with Crippen LogP contribution in [0.5, 0.6) is 0 Å². The van der Waals surface area contributed by atoms with Gasteiger partial charge in [0, 0.05) is 0 Å². The van der Waals surface area contributed by atoms with E-state index in [0.717, 1.165) is 24.3 Å². The van der Waals surface area contributed by atoms with Gasteiger partial charge in [0.1, 0.15) is 0 Å². The van der Waals surface area contributed by atoms with Crippen LogP contribution < -0.4 is 5.73 Å². The minimum absolute atomic E-state index is 0.830. The van der Waals surface area contributed by atoms with Crippen molar-refractivity contribution in [3.63, 3.8) is 0 Å². The Morgan fingerprint density at radius 2 is 2.09 bits per heavy atom. The molecule has 1 saturated carbocycles. The predicted molar refractivity (Wildman–Crippen MR) is 49.3 cm³/mol. The van der Waals surface area contributed by atoms with Gasteiger partial charge in [-0.1, -0.05) is 26.7 Å². The lowest BCUT2D eigenvalue weighted by atomic mass is 9.76. The Bertz CT molecular complexity index is 109. The first-order chi connectivity index (χ1) is 5.24. The minimum Gasteiger partial charge on any atom is -0.330 e. The lowest BCUT2D eigenvalue weighted by molar-refractivity contribution is 0.219. The van der Waals surface area contributed by atoms with Crippen molar-refractivity contribution in [1.29, 1.82) is 0 Å². The summed E-state index contributed by atoms with van der Waals surface area (Å²) in [4.78, 5) is 0. The second-order valence-electron chi connectivity index (χ2n) is 4.27. The highest BCUT2D eigenvalue weighted by Gasteiger charge is 2.22. The first-order valence-electron chi connectivity index (χ1n) is 4.94. The van der Waals surface area contributed by atoms with Crippen LogP contribution in [-0.2, 0) is 0 Å². The molecule has 0 aromatic carbocycles. The summed E-state index contributed by atoms with van der Waals surface area (Å²) < 4.78 is 0. The maximum absolute atomic E-state index is 5.67. The summed E-state index contributed by atoms with van der Waals surface area (Å²) in [5.41, 5.74) is 5.67. The molecule has 1 rings (SSSR count). The third-order valence-corrected chi connectivity index (χ3v) is 3.10. The van der Waals surface area contributed by atoms with E-state index in [9.17, 15) is 0 Å². The molecule has 1 nitrogen and oxygen atoms in total. The molecule has 0 heterocycles. The zero-order chi connectivity index (χ0) is 8.27. The molecule has 2 atom stereocenters. The lowest BCUT2D eigenvalue weighted by Gasteiger charge is -2.30. The lowest BCUT2D eigenvalue weighted by Crippen LogP contribution is -2.24. The van der Waals surface area contributed by atoms with Crippen molar-refractivity contribution in [3.05, 3.63) is 0 Å². The van der Waals surface area contributed by atoms with Crippen molar-refractivity contribution in [2.45, 2.75) is 39.5 Å². The summed E-state index contributed by atoms with van der Waals surface area (Å²) in [5, 5.41) is 0. The van der Waals surface area contributed by atoms with Crippen molar-refractivity contribution >= 4 is 0 Å². The molecule has 0 spiro atoms. The van der Waals surface area contributed by atoms with Crippen LogP contribution >= 0.6 is 0 Å². The Morgan fingerprint density at radius 3 is 2.64 bits per heavy atom.